The van der Waals surface area contributed by atoms with Crippen LogP contribution < -0.4 is 0 Å². The second-order valence-corrected chi connectivity index (χ2v) is 1.52. The second kappa shape index (κ2) is 2.55. The molecule has 0 aliphatic carbocycles. The zero-order valence-corrected chi connectivity index (χ0v) is 4.75. The smallest absolute Gasteiger partial charge is 0.297 e. The molecule has 0 saturated heterocycles. The fraction of sp³-hybridized carbons (Fsp3) is 0.200. The quantitative estimate of drug-likeness (QED) is 0.594. The van der Waals surface area contributed by atoms with Gasteiger partial charge in [0.05, 0.1) is 0 Å². The molecule has 1 heterocycles. The molecule has 1 aromatic rings. The number of alkyl halides is 2. The van der Waals surface area contributed by atoms with Gasteiger partial charge in [-0.15, -0.1) is 0 Å². The van der Waals surface area contributed by atoms with Gasteiger partial charge in [0.2, 0.25) is 5.76 Å². The normalized spacial score (nSPS) is 10.3. The topological polar surface area (TPSA) is 43.1 Å². The zero-order valence-electron chi connectivity index (χ0n) is 4.75. The van der Waals surface area contributed by atoms with E-state index in [0.717, 1.165) is 6.39 Å². The molecule has 0 spiro atoms. The van der Waals surface area contributed by atoms with E-state index < -0.39 is 12.2 Å². The third-order valence-corrected chi connectivity index (χ3v) is 0.934. The maximum atomic E-state index is 11.8. The van der Waals surface area contributed by atoms with Crippen LogP contribution in [-0.2, 0) is 0 Å². The van der Waals surface area contributed by atoms with Crippen LogP contribution in [0.1, 0.15) is 22.7 Å². The van der Waals surface area contributed by atoms with Crippen LogP contribution in [0.2, 0.25) is 0 Å². The Balaban J connectivity index is 3.01. The van der Waals surface area contributed by atoms with E-state index in [1.54, 1.807) is 0 Å². The first-order valence-corrected chi connectivity index (χ1v) is 2.42. The molecule has 54 valence electrons. The fourth-order valence-electron chi connectivity index (χ4n) is 0.516. The SMILES string of the molecule is O=Cc1ncoc1C(F)F. The van der Waals surface area contributed by atoms with Crippen LogP contribution >= 0.6 is 0 Å². The average Bonchev–Trinajstić information content (AvgIpc) is 2.33. The lowest BCUT2D eigenvalue weighted by atomic mass is 10.4. The second-order valence-electron chi connectivity index (χ2n) is 1.52. The molecule has 5 heteroatoms. The van der Waals surface area contributed by atoms with Crippen molar-refractivity contribution in [3.8, 4) is 0 Å². The summed E-state index contributed by atoms with van der Waals surface area (Å²) in [6.45, 7) is 0. The summed E-state index contributed by atoms with van der Waals surface area (Å²) in [4.78, 5) is 13.2. The molecule has 0 N–H and O–H groups in total. The van der Waals surface area contributed by atoms with E-state index in [1.165, 1.54) is 0 Å². The average molecular weight is 147 g/mol. The molecular formula is C5H3F2NO2. The molecule has 3 nitrogen and oxygen atoms in total. The van der Waals surface area contributed by atoms with Gasteiger partial charge >= 0.3 is 0 Å². The van der Waals surface area contributed by atoms with Crippen LogP contribution in [0.5, 0.6) is 0 Å². The Kier molecular flexibility index (Phi) is 1.75. The van der Waals surface area contributed by atoms with Crippen molar-refractivity contribution in [2.75, 3.05) is 0 Å². The number of hydrogen-bond donors (Lipinski definition) is 0. The van der Waals surface area contributed by atoms with Crippen molar-refractivity contribution in [3.63, 3.8) is 0 Å². The Hall–Kier alpha value is -1.26. The minimum atomic E-state index is -2.78. The van der Waals surface area contributed by atoms with Crippen molar-refractivity contribution >= 4 is 6.29 Å². The van der Waals surface area contributed by atoms with Gasteiger partial charge in [-0.3, -0.25) is 4.79 Å². The molecule has 0 aliphatic rings. The number of carbonyl (C=O) groups excluding carboxylic acids is 1. The van der Waals surface area contributed by atoms with Crippen LogP contribution in [0.15, 0.2) is 10.8 Å². The van der Waals surface area contributed by atoms with Crippen LogP contribution in [0.3, 0.4) is 0 Å². The predicted molar refractivity (Wildman–Crippen MR) is 26.8 cm³/mol. The zero-order chi connectivity index (χ0) is 7.56. The molecule has 0 radical (unpaired) electrons. The maximum absolute atomic E-state index is 11.8. The number of oxazole rings is 1. The van der Waals surface area contributed by atoms with Crippen LogP contribution in [0, 0.1) is 0 Å². The molecule has 0 aliphatic heterocycles. The molecular weight excluding hydrogens is 144 g/mol. The van der Waals surface area contributed by atoms with Crippen molar-refractivity contribution < 1.29 is 18.0 Å². The number of aromatic nitrogens is 1. The number of carbonyl (C=O) groups is 1. The lowest BCUT2D eigenvalue weighted by Gasteiger charge is -1.89. The molecule has 10 heavy (non-hydrogen) atoms. The van der Waals surface area contributed by atoms with E-state index in [1.807, 2.05) is 0 Å². The number of rotatable bonds is 2. The number of nitrogens with zero attached hydrogens (tertiary/aromatic N) is 1. The molecule has 1 aromatic heterocycles. The van der Waals surface area contributed by atoms with Gasteiger partial charge in [-0.05, 0) is 0 Å². The third kappa shape index (κ3) is 1.02. The van der Waals surface area contributed by atoms with E-state index in [2.05, 4.69) is 9.40 Å². The highest BCUT2D eigenvalue weighted by Gasteiger charge is 2.16. The highest BCUT2D eigenvalue weighted by Crippen LogP contribution is 2.20. The minimum absolute atomic E-state index is 0.227. The summed E-state index contributed by atoms with van der Waals surface area (Å²) in [5.41, 5.74) is -0.338. The van der Waals surface area contributed by atoms with Gasteiger partial charge in [0, 0.05) is 0 Å². The molecule has 0 atom stereocenters. The van der Waals surface area contributed by atoms with Crippen molar-refractivity contribution in [2.45, 2.75) is 6.43 Å². The number of aldehydes is 1. The molecule has 0 fully saturated rings. The Bertz CT molecular complexity index is 233. The standard InChI is InChI=1S/C5H3F2NO2/c6-5(7)4-3(1-9)8-2-10-4/h1-2,5H. The Morgan fingerprint density at radius 1 is 1.70 bits per heavy atom. The van der Waals surface area contributed by atoms with E-state index in [4.69, 9.17) is 0 Å². The third-order valence-electron chi connectivity index (χ3n) is 0.934. The van der Waals surface area contributed by atoms with Gasteiger partial charge in [0.15, 0.2) is 18.4 Å². The Morgan fingerprint density at radius 3 is 2.80 bits per heavy atom. The van der Waals surface area contributed by atoms with E-state index in [0.29, 0.717) is 0 Å². The monoisotopic (exact) mass is 147 g/mol. The molecule has 0 amide bonds. The maximum Gasteiger partial charge on any atom is 0.297 e. The van der Waals surface area contributed by atoms with Crippen LogP contribution in [0.4, 0.5) is 8.78 Å². The van der Waals surface area contributed by atoms with Crippen LogP contribution in [0.25, 0.3) is 0 Å². The van der Waals surface area contributed by atoms with Gasteiger partial charge in [0.1, 0.15) is 0 Å². The summed E-state index contributed by atoms with van der Waals surface area (Å²) in [6.07, 6.45) is -1.74. The lowest BCUT2D eigenvalue weighted by Crippen LogP contribution is -1.88. The van der Waals surface area contributed by atoms with Gasteiger partial charge < -0.3 is 4.42 Å². The fourth-order valence-corrected chi connectivity index (χ4v) is 0.516. The Labute approximate surface area is 54.7 Å². The van der Waals surface area contributed by atoms with Crippen molar-refractivity contribution in [1.29, 1.82) is 0 Å². The summed E-state index contributed by atoms with van der Waals surface area (Å²) >= 11 is 0. The van der Waals surface area contributed by atoms with Crippen molar-refractivity contribution in [1.82, 2.24) is 4.98 Å². The molecule has 0 unspecified atom stereocenters. The van der Waals surface area contributed by atoms with Crippen molar-refractivity contribution in [3.05, 3.63) is 17.8 Å². The van der Waals surface area contributed by atoms with E-state index in [9.17, 15) is 13.6 Å². The summed E-state index contributed by atoms with van der Waals surface area (Å²) in [5, 5.41) is 0. The number of halogens is 2. The summed E-state index contributed by atoms with van der Waals surface area (Å²) in [7, 11) is 0. The number of hydrogen-bond acceptors (Lipinski definition) is 3. The van der Waals surface area contributed by atoms with Gasteiger partial charge in [-0.1, -0.05) is 0 Å². The lowest BCUT2D eigenvalue weighted by molar-refractivity contribution is 0.106. The summed E-state index contributed by atoms with van der Waals surface area (Å²) < 4.78 is 27.7. The largest absolute Gasteiger partial charge is 0.442 e. The predicted octanol–water partition coefficient (Wildman–Crippen LogP) is 1.42. The summed E-state index contributed by atoms with van der Waals surface area (Å²) in [6, 6.07) is 0. The van der Waals surface area contributed by atoms with E-state index >= 15 is 0 Å². The van der Waals surface area contributed by atoms with Gasteiger partial charge in [0.25, 0.3) is 6.43 Å². The highest BCUT2D eigenvalue weighted by atomic mass is 19.3. The first kappa shape index (κ1) is 6.85. The van der Waals surface area contributed by atoms with Crippen molar-refractivity contribution in [2.24, 2.45) is 0 Å². The molecule has 0 aromatic carbocycles. The van der Waals surface area contributed by atoms with Crippen LogP contribution in [-0.4, -0.2) is 11.3 Å². The minimum Gasteiger partial charge on any atom is -0.442 e. The highest BCUT2D eigenvalue weighted by molar-refractivity contribution is 5.72. The van der Waals surface area contributed by atoms with Gasteiger partial charge in [-0.25, -0.2) is 13.8 Å². The molecule has 0 saturated carbocycles. The first-order chi connectivity index (χ1) is 4.75. The molecule has 0 bridgehead atoms. The molecule has 1 rings (SSSR count). The first-order valence-electron chi connectivity index (χ1n) is 2.42. The summed E-state index contributed by atoms with van der Waals surface area (Å²) in [5.74, 6) is -0.671. The van der Waals surface area contributed by atoms with Gasteiger partial charge in [-0.2, -0.15) is 0 Å². The van der Waals surface area contributed by atoms with E-state index in [-0.39, 0.29) is 12.0 Å². The Morgan fingerprint density at radius 2 is 2.40 bits per heavy atom.